The zero-order chi connectivity index (χ0) is 22.6. The third-order valence-electron chi connectivity index (χ3n) is 10.2. The van der Waals surface area contributed by atoms with Crippen molar-refractivity contribution in [1.29, 1.82) is 0 Å². The lowest BCUT2D eigenvalue weighted by Gasteiger charge is -2.56. The van der Waals surface area contributed by atoms with Gasteiger partial charge in [0.25, 0.3) is 0 Å². The molecule has 5 rings (SSSR count). The fourth-order valence-corrected chi connectivity index (χ4v) is 8.97. The predicted octanol–water partition coefficient (Wildman–Crippen LogP) is 7.06. The lowest BCUT2D eigenvalue weighted by atomic mass is 9.49. The number of hydrogen-bond acceptors (Lipinski definition) is 2. The van der Waals surface area contributed by atoms with Crippen molar-refractivity contribution >= 4 is 5.78 Å². The van der Waals surface area contributed by atoms with Gasteiger partial charge in [0.05, 0.1) is 0 Å². The maximum absolute atomic E-state index is 14.0. The molecule has 0 aromatic heterocycles. The lowest BCUT2D eigenvalue weighted by molar-refractivity contribution is -0.133. The van der Waals surface area contributed by atoms with E-state index in [1.807, 2.05) is 0 Å². The molecule has 32 heavy (non-hydrogen) atoms. The topological polar surface area (TPSA) is 26.3 Å². The lowest BCUT2D eigenvalue weighted by Crippen LogP contribution is -2.49. The zero-order valence-corrected chi connectivity index (χ0v) is 19.8. The predicted molar refractivity (Wildman–Crippen MR) is 121 cm³/mol. The smallest absolute Gasteiger partial charge is 0.174 e. The highest BCUT2D eigenvalue weighted by Gasteiger charge is 2.60. The average Bonchev–Trinajstić information content (AvgIpc) is 3.02. The standard InChI is InChI=1S/C28H38F2O2/c1-16-4-7-20-18(12-16)5-8-22-21(20)10-11-28(3)23(22)13-17(2)27(28)25(31)15-32-26-9-6-19(29)14-24(26)30/h6,9,14,16-18,20-23,27H,4-5,7-8,10-13,15H2,1-3H3. The molecule has 0 spiro atoms. The van der Waals surface area contributed by atoms with Crippen LogP contribution in [0.4, 0.5) is 8.78 Å². The van der Waals surface area contributed by atoms with Crippen LogP contribution in [0.25, 0.3) is 0 Å². The molecule has 9 atom stereocenters. The van der Waals surface area contributed by atoms with Crippen LogP contribution in [0, 0.1) is 64.4 Å². The average molecular weight is 445 g/mol. The number of Topliss-reactive ketones (excluding diaryl/α,β-unsaturated/α-hetero) is 1. The Bertz CT molecular complexity index is 869. The van der Waals surface area contributed by atoms with Crippen LogP contribution in [0.3, 0.4) is 0 Å². The number of halogens is 2. The second-order valence-electron chi connectivity index (χ2n) is 11.9. The van der Waals surface area contributed by atoms with Gasteiger partial charge in [-0.3, -0.25) is 4.79 Å². The molecular formula is C28H38F2O2. The van der Waals surface area contributed by atoms with Crippen LogP contribution in [0.1, 0.15) is 72.1 Å². The maximum Gasteiger partial charge on any atom is 0.174 e. The molecule has 0 saturated heterocycles. The summed E-state index contributed by atoms with van der Waals surface area (Å²) in [6, 6.07) is 3.25. The van der Waals surface area contributed by atoms with Crippen LogP contribution in [-0.2, 0) is 4.79 Å². The molecule has 4 aliphatic rings. The first-order valence-corrected chi connectivity index (χ1v) is 12.9. The van der Waals surface area contributed by atoms with E-state index >= 15 is 0 Å². The third kappa shape index (κ3) is 3.70. The Balaban J connectivity index is 1.30. The van der Waals surface area contributed by atoms with E-state index in [1.165, 1.54) is 50.7 Å². The Labute approximate surface area is 191 Å². The van der Waals surface area contributed by atoms with E-state index in [2.05, 4.69) is 20.8 Å². The van der Waals surface area contributed by atoms with Gasteiger partial charge in [-0.05, 0) is 104 Å². The van der Waals surface area contributed by atoms with Crippen molar-refractivity contribution in [3.8, 4) is 5.75 Å². The molecule has 0 radical (unpaired) electrons. The van der Waals surface area contributed by atoms with Gasteiger partial charge in [0.2, 0.25) is 0 Å². The molecule has 1 aromatic rings. The highest BCUT2D eigenvalue weighted by atomic mass is 19.1. The van der Waals surface area contributed by atoms with E-state index in [1.54, 1.807) is 0 Å². The minimum absolute atomic E-state index is 0.0250. The van der Waals surface area contributed by atoms with Crippen LogP contribution in [0.15, 0.2) is 18.2 Å². The minimum atomic E-state index is -0.750. The highest BCUT2D eigenvalue weighted by Crippen LogP contribution is 2.65. The number of rotatable bonds is 4. The molecule has 0 aliphatic heterocycles. The van der Waals surface area contributed by atoms with E-state index in [9.17, 15) is 13.6 Å². The van der Waals surface area contributed by atoms with Gasteiger partial charge in [-0.25, -0.2) is 8.78 Å². The molecule has 0 N–H and O–H groups in total. The van der Waals surface area contributed by atoms with E-state index < -0.39 is 11.6 Å². The van der Waals surface area contributed by atoms with Crippen molar-refractivity contribution in [2.75, 3.05) is 6.61 Å². The van der Waals surface area contributed by atoms with Crippen molar-refractivity contribution in [1.82, 2.24) is 0 Å². The summed E-state index contributed by atoms with van der Waals surface area (Å²) in [5.74, 6) is 3.93. The van der Waals surface area contributed by atoms with Crippen molar-refractivity contribution in [3.05, 3.63) is 29.8 Å². The van der Waals surface area contributed by atoms with Crippen LogP contribution >= 0.6 is 0 Å². The van der Waals surface area contributed by atoms with Gasteiger partial charge in [0.1, 0.15) is 12.4 Å². The summed E-state index contributed by atoms with van der Waals surface area (Å²) in [4.78, 5) is 13.4. The van der Waals surface area contributed by atoms with Gasteiger partial charge in [-0.15, -0.1) is 0 Å². The molecule has 0 heterocycles. The van der Waals surface area contributed by atoms with Crippen LogP contribution in [0.2, 0.25) is 0 Å². The second kappa shape index (κ2) is 8.40. The van der Waals surface area contributed by atoms with Crippen LogP contribution in [0.5, 0.6) is 5.75 Å². The normalized spacial score (nSPS) is 43.2. The molecular weight excluding hydrogens is 406 g/mol. The minimum Gasteiger partial charge on any atom is -0.483 e. The second-order valence-corrected chi connectivity index (χ2v) is 11.9. The van der Waals surface area contributed by atoms with Crippen molar-refractivity contribution < 1.29 is 18.3 Å². The van der Waals surface area contributed by atoms with Gasteiger partial charge >= 0.3 is 0 Å². The molecule has 0 amide bonds. The van der Waals surface area contributed by atoms with Gasteiger partial charge in [-0.2, -0.15) is 0 Å². The molecule has 2 nitrogen and oxygen atoms in total. The summed E-state index contributed by atoms with van der Waals surface area (Å²) in [7, 11) is 0. The fourth-order valence-electron chi connectivity index (χ4n) is 8.97. The summed E-state index contributed by atoms with van der Waals surface area (Å²) in [6.07, 6.45) is 10.5. The fraction of sp³-hybridized carbons (Fsp3) is 0.750. The quantitative estimate of drug-likeness (QED) is 0.497. The molecule has 0 bridgehead atoms. The van der Waals surface area contributed by atoms with Gasteiger partial charge in [0, 0.05) is 12.0 Å². The molecule has 4 saturated carbocycles. The van der Waals surface area contributed by atoms with E-state index in [4.69, 9.17) is 4.74 Å². The number of ketones is 1. The summed E-state index contributed by atoms with van der Waals surface area (Å²) >= 11 is 0. The molecule has 4 aliphatic carbocycles. The Morgan fingerprint density at radius 3 is 2.59 bits per heavy atom. The SMILES string of the molecule is CC1CCC2C(CCC3C2CCC2(C)C3CC(C)C2C(=O)COc2ccc(F)cc2F)C1. The zero-order valence-electron chi connectivity index (χ0n) is 19.8. The first-order valence-electron chi connectivity index (χ1n) is 12.9. The monoisotopic (exact) mass is 444 g/mol. The summed E-state index contributed by atoms with van der Waals surface area (Å²) in [5, 5.41) is 0. The molecule has 176 valence electrons. The third-order valence-corrected chi connectivity index (χ3v) is 10.2. The Morgan fingerprint density at radius 1 is 1.03 bits per heavy atom. The first-order chi connectivity index (χ1) is 15.3. The number of benzene rings is 1. The van der Waals surface area contributed by atoms with Crippen molar-refractivity contribution in [3.63, 3.8) is 0 Å². The molecule has 1 aromatic carbocycles. The van der Waals surface area contributed by atoms with Gasteiger partial charge < -0.3 is 4.74 Å². The van der Waals surface area contributed by atoms with E-state index in [0.29, 0.717) is 11.8 Å². The molecule has 9 unspecified atom stereocenters. The summed E-state index contributed by atoms with van der Waals surface area (Å²) < 4.78 is 32.7. The summed E-state index contributed by atoms with van der Waals surface area (Å²) in [6.45, 7) is 6.88. The number of hydrogen-bond donors (Lipinski definition) is 0. The largest absolute Gasteiger partial charge is 0.483 e. The van der Waals surface area contributed by atoms with Crippen molar-refractivity contribution in [2.24, 2.45) is 52.8 Å². The van der Waals surface area contributed by atoms with Crippen LogP contribution in [-0.4, -0.2) is 12.4 Å². The van der Waals surface area contributed by atoms with E-state index in [0.717, 1.165) is 48.5 Å². The molecule has 4 fully saturated rings. The Hall–Kier alpha value is -1.45. The first kappa shape index (κ1) is 22.3. The number of ether oxygens (including phenoxy) is 1. The number of carbonyl (C=O) groups is 1. The molecule has 4 heteroatoms. The maximum atomic E-state index is 14.0. The van der Waals surface area contributed by atoms with E-state index in [-0.39, 0.29) is 29.5 Å². The highest BCUT2D eigenvalue weighted by molar-refractivity contribution is 5.84. The van der Waals surface area contributed by atoms with Gasteiger partial charge in [0.15, 0.2) is 17.3 Å². The van der Waals surface area contributed by atoms with Crippen molar-refractivity contribution in [2.45, 2.75) is 72.1 Å². The Kier molecular flexibility index (Phi) is 5.87. The Morgan fingerprint density at radius 2 is 1.81 bits per heavy atom. The van der Waals surface area contributed by atoms with Gasteiger partial charge in [-0.1, -0.05) is 27.2 Å². The number of fused-ring (bicyclic) bond motifs is 5. The number of carbonyl (C=O) groups excluding carboxylic acids is 1. The van der Waals surface area contributed by atoms with Crippen LogP contribution < -0.4 is 4.74 Å². The summed E-state index contributed by atoms with van der Waals surface area (Å²) in [5.41, 5.74) is 0.0250.